The lowest BCUT2D eigenvalue weighted by atomic mass is 9.81. The van der Waals surface area contributed by atoms with E-state index in [-0.39, 0.29) is 28.7 Å². The zero-order valence-corrected chi connectivity index (χ0v) is 18.6. The molecule has 176 valence electrons. The van der Waals surface area contributed by atoms with Gasteiger partial charge in [0.1, 0.15) is 17.3 Å². The molecular weight excluding hydrogens is 454 g/mol. The fourth-order valence-electron chi connectivity index (χ4n) is 3.75. The van der Waals surface area contributed by atoms with Crippen molar-refractivity contribution in [3.8, 4) is 17.8 Å². The van der Waals surface area contributed by atoms with Crippen molar-refractivity contribution in [1.82, 2.24) is 20.6 Å². The van der Waals surface area contributed by atoms with Crippen LogP contribution >= 0.6 is 0 Å². The van der Waals surface area contributed by atoms with Crippen LogP contribution in [0.2, 0.25) is 0 Å². The highest BCUT2D eigenvalue weighted by Crippen LogP contribution is 2.43. The second-order valence-electron chi connectivity index (χ2n) is 7.13. The largest absolute Gasteiger partial charge is 0.466 e. The van der Waals surface area contributed by atoms with Gasteiger partial charge in [-0.2, -0.15) is 10.5 Å². The number of nitrogens with one attached hydrogen (secondary N) is 1. The molecule has 3 aromatic rings. The molecule has 0 saturated carbocycles. The summed E-state index contributed by atoms with van der Waals surface area (Å²) in [5, 5.41) is 23.2. The number of aromatic amines is 1. The van der Waals surface area contributed by atoms with Crippen LogP contribution < -0.4 is 15.4 Å². The smallest absolute Gasteiger partial charge is 0.361 e. The Morgan fingerprint density at radius 2 is 1.74 bits per heavy atom. The minimum absolute atomic E-state index is 0.00993. The van der Waals surface area contributed by atoms with Crippen LogP contribution in [0.3, 0.4) is 0 Å². The number of nitrogens with two attached hydrogens (primary N) is 1. The number of ether oxygens (including phenoxy) is 3. The minimum Gasteiger partial charge on any atom is -0.466 e. The second kappa shape index (κ2) is 9.75. The van der Waals surface area contributed by atoms with Gasteiger partial charge in [0.15, 0.2) is 0 Å². The molecule has 1 aliphatic heterocycles. The van der Waals surface area contributed by atoms with E-state index in [9.17, 15) is 14.9 Å². The molecule has 0 saturated heterocycles. The van der Waals surface area contributed by atoms with E-state index in [0.717, 1.165) is 0 Å². The van der Waals surface area contributed by atoms with Crippen LogP contribution in [0.25, 0.3) is 0 Å². The number of hydrogen-bond donors (Lipinski definition) is 2. The summed E-state index contributed by atoms with van der Waals surface area (Å²) in [7, 11) is 2.37. The first-order chi connectivity index (χ1) is 17.0. The van der Waals surface area contributed by atoms with Gasteiger partial charge in [-0.05, 0) is 35.0 Å². The van der Waals surface area contributed by atoms with Gasteiger partial charge in [-0.25, -0.2) is 9.59 Å². The molecule has 0 aliphatic carbocycles. The molecule has 2 heterocycles. The van der Waals surface area contributed by atoms with Crippen LogP contribution in [-0.2, 0) is 19.1 Å². The van der Waals surface area contributed by atoms with Crippen molar-refractivity contribution in [1.29, 1.82) is 5.26 Å². The molecular formula is C23H19N7O5. The number of nitriles is 1. The Morgan fingerprint density at radius 1 is 1.06 bits per heavy atom. The monoisotopic (exact) mass is 473 g/mol. The van der Waals surface area contributed by atoms with E-state index in [1.54, 1.807) is 54.6 Å². The lowest BCUT2D eigenvalue weighted by Gasteiger charge is -2.35. The maximum atomic E-state index is 13.0. The number of methoxy groups -OCH3 is 2. The van der Waals surface area contributed by atoms with Gasteiger partial charge in [0.25, 0.3) is 0 Å². The summed E-state index contributed by atoms with van der Waals surface area (Å²) in [6.45, 7) is 0. The Kier molecular flexibility index (Phi) is 6.41. The molecule has 0 fully saturated rings. The molecule has 4 rings (SSSR count). The van der Waals surface area contributed by atoms with E-state index in [0.29, 0.717) is 17.0 Å². The topological polar surface area (TPSA) is 169 Å². The molecule has 0 bridgehead atoms. The number of aromatic nitrogens is 4. The van der Waals surface area contributed by atoms with Crippen molar-refractivity contribution in [2.45, 2.75) is 5.92 Å². The van der Waals surface area contributed by atoms with Crippen LogP contribution in [-0.4, -0.2) is 46.8 Å². The number of allylic oxidation sites excluding steroid dienone is 1. The van der Waals surface area contributed by atoms with Crippen molar-refractivity contribution in [2.75, 3.05) is 19.1 Å². The molecule has 2 aromatic carbocycles. The zero-order valence-electron chi connectivity index (χ0n) is 18.6. The van der Waals surface area contributed by atoms with E-state index in [1.807, 2.05) is 0 Å². The van der Waals surface area contributed by atoms with Gasteiger partial charge in [-0.1, -0.05) is 40.5 Å². The Balaban J connectivity index is 1.90. The summed E-state index contributed by atoms with van der Waals surface area (Å²) in [5.74, 6) is -2.25. The van der Waals surface area contributed by atoms with Crippen LogP contribution in [0.1, 0.15) is 11.5 Å². The third-order valence-corrected chi connectivity index (χ3v) is 5.24. The van der Waals surface area contributed by atoms with Gasteiger partial charge < -0.3 is 19.9 Å². The van der Waals surface area contributed by atoms with Crippen molar-refractivity contribution < 1.29 is 23.8 Å². The van der Waals surface area contributed by atoms with Gasteiger partial charge >= 0.3 is 17.9 Å². The lowest BCUT2D eigenvalue weighted by Crippen LogP contribution is -2.40. The maximum Gasteiger partial charge on any atom is 0.361 e. The molecule has 1 unspecified atom stereocenters. The highest BCUT2D eigenvalue weighted by molar-refractivity contribution is 6.06. The molecule has 3 N–H and O–H groups in total. The first kappa shape index (κ1) is 23.0. The van der Waals surface area contributed by atoms with Crippen molar-refractivity contribution in [3.63, 3.8) is 0 Å². The summed E-state index contributed by atoms with van der Waals surface area (Å²) in [5.41, 5.74) is 7.22. The van der Waals surface area contributed by atoms with Crippen LogP contribution in [0.15, 0.2) is 77.3 Å². The van der Waals surface area contributed by atoms with E-state index in [1.165, 1.54) is 19.1 Å². The Morgan fingerprint density at radius 3 is 2.31 bits per heavy atom. The Bertz CT molecular complexity index is 1340. The van der Waals surface area contributed by atoms with E-state index in [2.05, 4.69) is 26.7 Å². The Hall–Kier alpha value is -5.18. The molecule has 0 radical (unpaired) electrons. The fraction of sp³-hybridized carbons (Fsp3) is 0.130. The standard InChI is InChI=1S/C23H19N7O5/c1-33-21(31)18-17(13-6-4-3-5-7-13)16(12-24)20(25)30(19(18)22(32)34-2)14-8-10-15(11-9-14)35-23-26-28-29-27-23/h3-11,17H,25H2,1-2H3,(H,26,27,28,29). The Labute approximate surface area is 199 Å². The van der Waals surface area contributed by atoms with Crippen LogP contribution in [0.5, 0.6) is 11.8 Å². The zero-order chi connectivity index (χ0) is 24.9. The van der Waals surface area contributed by atoms with E-state index >= 15 is 0 Å². The van der Waals surface area contributed by atoms with Crippen molar-refractivity contribution in [3.05, 3.63) is 82.8 Å². The summed E-state index contributed by atoms with van der Waals surface area (Å²) >= 11 is 0. The van der Waals surface area contributed by atoms with Gasteiger partial charge in [0, 0.05) is 5.69 Å². The quantitative estimate of drug-likeness (QED) is 0.501. The first-order valence-electron chi connectivity index (χ1n) is 10.2. The molecule has 0 spiro atoms. The van der Waals surface area contributed by atoms with E-state index < -0.39 is 17.9 Å². The minimum atomic E-state index is -0.945. The van der Waals surface area contributed by atoms with Gasteiger partial charge in [-0.15, -0.1) is 0 Å². The SMILES string of the molecule is COC(=O)C1=C(C(=O)OC)N(c2ccc(Oc3nn[nH]n3)cc2)C(N)=C(C#N)C1c1ccccc1. The van der Waals surface area contributed by atoms with Crippen LogP contribution in [0.4, 0.5) is 5.69 Å². The summed E-state index contributed by atoms with van der Waals surface area (Å²) in [4.78, 5) is 27.3. The predicted octanol–water partition coefficient (Wildman–Crippen LogP) is 1.89. The highest BCUT2D eigenvalue weighted by atomic mass is 16.5. The van der Waals surface area contributed by atoms with Crippen LogP contribution in [0, 0.1) is 11.3 Å². The third-order valence-electron chi connectivity index (χ3n) is 5.24. The second-order valence-corrected chi connectivity index (χ2v) is 7.13. The first-order valence-corrected chi connectivity index (χ1v) is 10.2. The average molecular weight is 473 g/mol. The molecule has 1 atom stereocenters. The molecule has 35 heavy (non-hydrogen) atoms. The highest BCUT2D eigenvalue weighted by Gasteiger charge is 2.42. The van der Waals surface area contributed by atoms with E-state index in [4.69, 9.17) is 19.9 Å². The molecule has 12 nitrogen and oxygen atoms in total. The number of carbonyl (C=O) groups excluding carboxylic acids is 2. The number of hydrogen-bond acceptors (Lipinski definition) is 11. The fourth-order valence-corrected chi connectivity index (χ4v) is 3.75. The summed E-state index contributed by atoms with van der Waals surface area (Å²) in [6, 6.07) is 17.2. The number of carbonyl (C=O) groups is 2. The van der Waals surface area contributed by atoms with Gasteiger partial charge in [0.05, 0.1) is 37.4 Å². The summed E-state index contributed by atoms with van der Waals surface area (Å²) < 4.78 is 15.5. The van der Waals surface area contributed by atoms with Gasteiger partial charge in [-0.3, -0.25) is 4.90 Å². The molecule has 1 aliphatic rings. The molecule has 12 heteroatoms. The normalized spacial score (nSPS) is 15.5. The number of H-pyrrole nitrogens is 1. The van der Waals surface area contributed by atoms with Crippen molar-refractivity contribution in [2.24, 2.45) is 5.73 Å². The summed E-state index contributed by atoms with van der Waals surface area (Å²) in [6.07, 6.45) is 0. The number of esters is 2. The lowest BCUT2D eigenvalue weighted by molar-refractivity contribution is -0.139. The number of rotatable bonds is 6. The third kappa shape index (κ3) is 4.25. The number of tetrazole rings is 1. The maximum absolute atomic E-state index is 13.0. The number of nitrogens with zero attached hydrogens (tertiary/aromatic N) is 5. The number of benzene rings is 2. The van der Waals surface area contributed by atoms with Crippen molar-refractivity contribution >= 4 is 17.6 Å². The predicted molar refractivity (Wildman–Crippen MR) is 120 cm³/mol. The molecule has 1 aromatic heterocycles. The molecule has 0 amide bonds. The average Bonchev–Trinajstić information content (AvgIpc) is 3.41. The van der Waals surface area contributed by atoms with Gasteiger partial charge in [0.2, 0.25) is 0 Å². The number of anilines is 1.